The van der Waals surface area contributed by atoms with E-state index in [1.54, 1.807) is 18.2 Å². The van der Waals surface area contributed by atoms with E-state index >= 15 is 0 Å². The number of imide groups is 1. The quantitative estimate of drug-likeness (QED) is 0.221. The number of carbonyl (C=O) groups excluding carboxylic acids is 2. The fraction of sp³-hybridized carbons (Fsp3) is 0.0667. The van der Waals surface area contributed by atoms with E-state index < -0.39 is 11.8 Å². The molecule has 0 saturated carbocycles. The molecule has 0 aromatic heterocycles. The van der Waals surface area contributed by atoms with Crippen LogP contribution in [0.2, 0.25) is 15.1 Å². The van der Waals surface area contributed by atoms with Crippen molar-refractivity contribution in [1.29, 1.82) is 0 Å². The highest BCUT2D eigenvalue weighted by molar-refractivity contribution is 14.1. The molecule has 2 N–H and O–H groups in total. The fourth-order valence-electron chi connectivity index (χ4n) is 1.82. The van der Waals surface area contributed by atoms with E-state index in [1.165, 1.54) is 12.1 Å². The molecule has 2 amide bonds. The predicted molar refractivity (Wildman–Crippen MR) is 100 cm³/mol. The van der Waals surface area contributed by atoms with Crippen LogP contribution in [0.3, 0.4) is 0 Å². The summed E-state index contributed by atoms with van der Waals surface area (Å²) in [4.78, 5) is 24.8. The number of nitrogens with two attached hydrogens (primary N) is 1. The number of rotatable bonds is 2. The van der Waals surface area contributed by atoms with Gasteiger partial charge >= 0.3 is 0 Å². The van der Waals surface area contributed by atoms with Crippen LogP contribution in [0.4, 0.5) is 0 Å². The topological polar surface area (TPSA) is 63.4 Å². The van der Waals surface area contributed by atoms with Gasteiger partial charge in [0.1, 0.15) is 0 Å². The van der Waals surface area contributed by atoms with Crippen LogP contribution in [-0.4, -0.2) is 16.8 Å². The summed E-state index contributed by atoms with van der Waals surface area (Å²) in [6.07, 6.45) is 0. The number of benzene rings is 2. The number of aryl methyl sites for hydroxylation is 1. The first-order valence-electron chi connectivity index (χ1n) is 6.26. The van der Waals surface area contributed by atoms with Crippen LogP contribution in [-0.2, 0) is 0 Å². The third kappa shape index (κ3) is 3.97. The molecule has 0 fully saturated rings. The van der Waals surface area contributed by atoms with Crippen molar-refractivity contribution in [3.63, 3.8) is 0 Å². The molecule has 8 heteroatoms. The summed E-state index contributed by atoms with van der Waals surface area (Å²) in [6.45, 7) is 1.91. The Balaban J connectivity index is 2.36. The Hall–Kier alpha value is -0.860. The summed E-state index contributed by atoms with van der Waals surface area (Å²) >= 11 is 19.9. The average Bonchev–Trinajstić information content (AvgIpc) is 2.47. The average molecular weight is 484 g/mol. The van der Waals surface area contributed by atoms with E-state index in [1.807, 2.05) is 6.92 Å². The molecule has 0 heterocycles. The molecule has 120 valence electrons. The van der Waals surface area contributed by atoms with Gasteiger partial charge in [0.2, 0.25) is 0 Å². The normalized spacial score (nSPS) is 10.5. The Labute approximate surface area is 161 Å². The van der Waals surface area contributed by atoms with Gasteiger partial charge in [-0.15, -0.1) is 0 Å². The van der Waals surface area contributed by atoms with Gasteiger partial charge in [-0.1, -0.05) is 40.9 Å². The SMILES string of the molecule is Cc1ccc(C(=O)N(N)C(=O)c2c(Cl)cc(Cl)cc2Cl)cc1I. The molecule has 0 bridgehead atoms. The zero-order chi connectivity index (χ0) is 17.3. The first-order chi connectivity index (χ1) is 10.7. The van der Waals surface area contributed by atoms with Crippen molar-refractivity contribution < 1.29 is 9.59 Å². The van der Waals surface area contributed by atoms with Gasteiger partial charge in [-0.25, -0.2) is 10.9 Å². The van der Waals surface area contributed by atoms with E-state index in [4.69, 9.17) is 40.6 Å². The molecule has 0 aliphatic heterocycles. The van der Waals surface area contributed by atoms with Crippen LogP contribution in [0.25, 0.3) is 0 Å². The monoisotopic (exact) mass is 482 g/mol. The Bertz CT molecular complexity index is 788. The van der Waals surface area contributed by atoms with Gasteiger partial charge in [0.05, 0.1) is 15.6 Å². The standard InChI is InChI=1S/C15H10Cl3IN2O2/c1-7-2-3-8(4-12(7)19)14(22)21(20)15(23)13-10(17)5-9(16)6-11(13)18/h2-6H,20H2,1H3. The molecule has 0 aliphatic carbocycles. The van der Waals surface area contributed by atoms with Gasteiger partial charge in [-0.05, 0) is 59.3 Å². The third-order valence-corrected chi connectivity index (χ3v) is 5.05. The lowest BCUT2D eigenvalue weighted by Gasteiger charge is -2.17. The highest BCUT2D eigenvalue weighted by Gasteiger charge is 2.25. The highest BCUT2D eigenvalue weighted by Crippen LogP contribution is 2.30. The molecule has 0 atom stereocenters. The third-order valence-electron chi connectivity index (χ3n) is 3.08. The van der Waals surface area contributed by atoms with Gasteiger partial charge in [0, 0.05) is 14.2 Å². The largest absolute Gasteiger partial charge is 0.278 e. The summed E-state index contributed by atoms with van der Waals surface area (Å²) in [5.41, 5.74) is 1.23. The number of hydrogen-bond acceptors (Lipinski definition) is 3. The summed E-state index contributed by atoms with van der Waals surface area (Å²) in [5.74, 6) is 4.20. The second-order valence-corrected chi connectivity index (χ2v) is 7.10. The molecule has 0 saturated heterocycles. The number of carbonyl (C=O) groups is 2. The van der Waals surface area contributed by atoms with E-state index in [0.29, 0.717) is 5.01 Å². The Kier molecular flexibility index (Phi) is 5.91. The van der Waals surface area contributed by atoms with Gasteiger partial charge in [0.15, 0.2) is 0 Å². The van der Waals surface area contributed by atoms with Gasteiger partial charge in [0.25, 0.3) is 11.8 Å². The minimum atomic E-state index is -0.808. The van der Waals surface area contributed by atoms with Crippen LogP contribution in [0.15, 0.2) is 30.3 Å². The van der Waals surface area contributed by atoms with Crippen LogP contribution < -0.4 is 5.84 Å². The smallest absolute Gasteiger partial charge is 0.267 e. The molecular weight excluding hydrogens is 473 g/mol. The fourth-order valence-corrected chi connectivity index (χ4v) is 3.32. The zero-order valence-electron chi connectivity index (χ0n) is 11.7. The molecular formula is C15H10Cl3IN2O2. The van der Waals surface area contributed by atoms with Gasteiger partial charge in [-0.2, -0.15) is 0 Å². The second kappa shape index (κ2) is 7.36. The van der Waals surface area contributed by atoms with Crippen molar-refractivity contribution in [2.45, 2.75) is 6.92 Å². The molecule has 0 unspecified atom stereocenters. The molecule has 4 nitrogen and oxygen atoms in total. The number of hydrogen-bond donors (Lipinski definition) is 1. The summed E-state index contributed by atoms with van der Waals surface area (Å²) < 4.78 is 0.886. The maximum Gasteiger partial charge on any atom is 0.278 e. The number of amides is 2. The number of nitrogens with zero attached hydrogens (tertiary/aromatic N) is 1. The maximum atomic E-state index is 12.4. The molecule has 2 rings (SSSR count). The van der Waals surface area contributed by atoms with Gasteiger partial charge in [-0.3, -0.25) is 9.59 Å². The number of halogens is 4. The van der Waals surface area contributed by atoms with Crippen LogP contribution >= 0.6 is 57.4 Å². The molecule has 0 radical (unpaired) electrons. The molecule has 0 aliphatic rings. The van der Waals surface area contributed by atoms with Crippen molar-refractivity contribution in [3.8, 4) is 0 Å². The minimum absolute atomic E-state index is 0.0224. The first-order valence-corrected chi connectivity index (χ1v) is 8.47. The van der Waals surface area contributed by atoms with Crippen molar-refractivity contribution in [2.24, 2.45) is 5.84 Å². The van der Waals surface area contributed by atoms with E-state index in [2.05, 4.69) is 22.6 Å². The second-order valence-electron chi connectivity index (χ2n) is 4.69. The van der Waals surface area contributed by atoms with Crippen LogP contribution in [0.1, 0.15) is 26.3 Å². The molecule has 0 spiro atoms. The van der Waals surface area contributed by atoms with Crippen molar-refractivity contribution in [2.75, 3.05) is 0 Å². The van der Waals surface area contributed by atoms with Crippen molar-refractivity contribution in [3.05, 3.63) is 65.7 Å². The van der Waals surface area contributed by atoms with Crippen molar-refractivity contribution >= 4 is 69.2 Å². The predicted octanol–water partition coefficient (Wildman–Crippen LogP) is 4.72. The summed E-state index contributed by atoms with van der Waals surface area (Å²) in [5, 5.41) is 0.810. The zero-order valence-corrected chi connectivity index (χ0v) is 16.2. The van der Waals surface area contributed by atoms with Crippen LogP contribution in [0, 0.1) is 10.5 Å². The first kappa shape index (κ1) is 18.5. The lowest BCUT2D eigenvalue weighted by atomic mass is 10.1. The maximum absolute atomic E-state index is 12.4. The highest BCUT2D eigenvalue weighted by atomic mass is 127. The summed E-state index contributed by atoms with van der Waals surface area (Å²) in [7, 11) is 0. The van der Waals surface area contributed by atoms with Crippen LogP contribution in [0.5, 0.6) is 0 Å². The molecule has 2 aromatic carbocycles. The van der Waals surface area contributed by atoms with Gasteiger partial charge < -0.3 is 0 Å². The Morgan fingerprint density at radius 3 is 2.13 bits per heavy atom. The number of hydrazine groups is 1. The van der Waals surface area contributed by atoms with E-state index in [9.17, 15) is 9.59 Å². The minimum Gasteiger partial charge on any atom is -0.267 e. The Morgan fingerprint density at radius 2 is 1.61 bits per heavy atom. The lowest BCUT2D eigenvalue weighted by molar-refractivity contribution is 0.0615. The van der Waals surface area contributed by atoms with E-state index in [0.717, 1.165) is 9.13 Å². The molecule has 2 aromatic rings. The lowest BCUT2D eigenvalue weighted by Crippen LogP contribution is -2.42. The Morgan fingerprint density at radius 1 is 1.04 bits per heavy atom. The van der Waals surface area contributed by atoms with E-state index in [-0.39, 0.29) is 26.2 Å². The molecule has 23 heavy (non-hydrogen) atoms. The summed E-state index contributed by atoms with van der Waals surface area (Å²) in [6, 6.07) is 7.73. The van der Waals surface area contributed by atoms with Crippen molar-refractivity contribution in [1.82, 2.24) is 5.01 Å².